The fourth-order valence-corrected chi connectivity index (χ4v) is 17.4. The molecule has 0 saturated heterocycles. The first-order valence-corrected chi connectivity index (χ1v) is 13.8. The third-order valence-electron chi connectivity index (χ3n) is 2.46. The fourth-order valence-electron chi connectivity index (χ4n) is 1.62. The molecule has 0 aromatic rings. The molecule has 1 nitrogen and oxygen atoms in total. The van der Waals surface area contributed by atoms with Crippen molar-refractivity contribution in [3.63, 3.8) is 0 Å². The number of hydrogen-bond acceptors (Lipinski definition) is 1. The maximum absolute atomic E-state index is 6.40. The van der Waals surface area contributed by atoms with Crippen LogP contribution in [0.5, 0.6) is 0 Å². The van der Waals surface area contributed by atoms with Crippen LogP contribution in [0.4, 0.5) is 0 Å². The van der Waals surface area contributed by atoms with Gasteiger partial charge >= 0.3 is 81.5 Å². The van der Waals surface area contributed by atoms with Crippen LogP contribution < -0.4 is 0 Å². The zero-order chi connectivity index (χ0) is 9.83. The van der Waals surface area contributed by atoms with Gasteiger partial charge in [0.15, 0.2) is 0 Å². The Morgan fingerprint density at radius 3 is 1.33 bits per heavy atom. The quantitative estimate of drug-likeness (QED) is 0.672. The van der Waals surface area contributed by atoms with Crippen LogP contribution in [0.15, 0.2) is 0 Å². The molecule has 0 aliphatic carbocycles. The van der Waals surface area contributed by atoms with Crippen molar-refractivity contribution >= 4 is 21.9 Å². The summed E-state index contributed by atoms with van der Waals surface area (Å²) in [5.41, 5.74) is 0. The van der Waals surface area contributed by atoms with Gasteiger partial charge in [0, 0.05) is 0 Å². The van der Waals surface area contributed by atoms with Crippen molar-refractivity contribution in [3.05, 3.63) is 0 Å². The van der Waals surface area contributed by atoms with Crippen LogP contribution in [0.1, 0.15) is 20.8 Å². The molecule has 0 spiro atoms. The van der Waals surface area contributed by atoms with Crippen molar-refractivity contribution in [3.8, 4) is 0 Å². The van der Waals surface area contributed by atoms with Crippen LogP contribution in [0.3, 0.4) is 0 Å². The Morgan fingerprint density at radius 2 is 1.25 bits per heavy atom. The molecule has 0 aromatic heterocycles. The average Bonchev–Trinajstić information content (AvgIpc) is 1.99. The molecule has 0 aliphatic heterocycles. The summed E-state index contributed by atoms with van der Waals surface area (Å²) in [6.07, 6.45) is 0. The first kappa shape index (κ1) is 12.7. The number of hydrogen-bond donors (Lipinski definition) is 0. The molecule has 0 unspecified atom stereocenters. The zero-order valence-electron chi connectivity index (χ0n) is 9.53. The maximum atomic E-state index is 6.40. The second-order valence-electron chi connectivity index (χ2n) is 4.46. The Morgan fingerprint density at radius 1 is 0.917 bits per heavy atom. The van der Waals surface area contributed by atoms with Gasteiger partial charge in [-0.05, 0) is 0 Å². The second-order valence-corrected chi connectivity index (χ2v) is 19.6. The first-order chi connectivity index (χ1) is 5.39. The third-order valence-corrected chi connectivity index (χ3v) is 18.2. The van der Waals surface area contributed by atoms with Crippen molar-refractivity contribution in [1.82, 2.24) is 0 Å². The molecule has 0 amide bonds. The fraction of sp³-hybridized carbons (Fsp3) is 1.00. The van der Waals surface area contributed by atoms with E-state index in [4.69, 9.17) is 3.45 Å². The second kappa shape index (κ2) is 4.82. The van der Waals surface area contributed by atoms with Gasteiger partial charge in [0.05, 0.1) is 0 Å². The van der Waals surface area contributed by atoms with E-state index >= 15 is 0 Å². The minimum absolute atomic E-state index is 1.27. The van der Waals surface area contributed by atoms with E-state index in [9.17, 15) is 0 Å². The van der Waals surface area contributed by atoms with E-state index < -0.39 is 21.9 Å². The van der Waals surface area contributed by atoms with E-state index in [1.807, 2.05) is 0 Å². The van der Waals surface area contributed by atoms with Gasteiger partial charge in [-0.2, -0.15) is 0 Å². The minimum atomic E-state index is -1.80. The SMILES string of the molecule is C[CH2][Ge]([CH2]C)([CH2]C)[O][Si](C)(C)C. The van der Waals surface area contributed by atoms with E-state index in [0.717, 1.165) is 0 Å². The van der Waals surface area contributed by atoms with Gasteiger partial charge in [0.2, 0.25) is 0 Å². The van der Waals surface area contributed by atoms with Gasteiger partial charge in [-0.3, -0.25) is 0 Å². The van der Waals surface area contributed by atoms with E-state index in [-0.39, 0.29) is 0 Å². The van der Waals surface area contributed by atoms with Gasteiger partial charge in [-0.1, -0.05) is 0 Å². The Hall–Kier alpha value is 0.720. The summed E-state index contributed by atoms with van der Waals surface area (Å²) in [6.45, 7) is 13.9. The Balaban J connectivity index is 4.30. The molecule has 0 N–H and O–H groups in total. The molecule has 0 saturated carbocycles. The van der Waals surface area contributed by atoms with E-state index in [2.05, 4.69) is 40.4 Å². The summed E-state index contributed by atoms with van der Waals surface area (Å²) < 4.78 is 6.40. The van der Waals surface area contributed by atoms with Crippen molar-refractivity contribution in [1.29, 1.82) is 0 Å². The predicted octanol–water partition coefficient (Wildman–Crippen LogP) is 3.84. The topological polar surface area (TPSA) is 9.23 Å². The van der Waals surface area contributed by atoms with Crippen molar-refractivity contribution in [2.45, 2.75) is 56.2 Å². The Bertz CT molecular complexity index is 119. The van der Waals surface area contributed by atoms with Gasteiger partial charge < -0.3 is 0 Å². The molecule has 0 radical (unpaired) electrons. The molecule has 74 valence electrons. The molecule has 0 heterocycles. The van der Waals surface area contributed by atoms with Crippen LogP contribution >= 0.6 is 0 Å². The third kappa shape index (κ3) is 4.10. The standard InChI is InChI=1S/C9H24GeOSi/c1-7-10(8-2,9-3)11-12(4,5)6/h7-9H2,1-6H3. The van der Waals surface area contributed by atoms with E-state index in [1.54, 1.807) is 0 Å². The van der Waals surface area contributed by atoms with Crippen LogP contribution in [0.2, 0.25) is 35.4 Å². The van der Waals surface area contributed by atoms with E-state index in [0.29, 0.717) is 0 Å². The summed E-state index contributed by atoms with van der Waals surface area (Å²) in [7, 11) is -1.27. The molecule has 0 rings (SSSR count). The summed E-state index contributed by atoms with van der Waals surface area (Å²) in [5.74, 6) is 0. The molecule has 0 aliphatic rings. The van der Waals surface area contributed by atoms with Gasteiger partial charge in [-0.25, -0.2) is 0 Å². The summed E-state index contributed by atoms with van der Waals surface area (Å²) in [5, 5.41) is 3.99. The van der Waals surface area contributed by atoms with Crippen LogP contribution in [0.25, 0.3) is 0 Å². The zero-order valence-corrected chi connectivity index (χ0v) is 12.6. The molecule has 0 atom stereocenters. The summed E-state index contributed by atoms with van der Waals surface area (Å²) >= 11 is -1.80. The first-order valence-electron chi connectivity index (χ1n) is 5.09. The Labute approximate surface area is 81.7 Å². The average molecular weight is 249 g/mol. The molecule has 0 bridgehead atoms. The normalized spacial score (nSPS) is 13.5. The molecule has 0 aromatic carbocycles. The predicted molar refractivity (Wildman–Crippen MR) is 61.6 cm³/mol. The molecular weight excluding hydrogens is 225 g/mol. The van der Waals surface area contributed by atoms with Crippen molar-refractivity contribution in [2.75, 3.05) is 0 Å². The molecule has 3 heteroatoms. The van der Waals surface area contributed by atoms with Crippen LogP contribution in [-0.4, -0.2) is 21.9 Å². The summed E-state index contributed by atoms with van der Waals surface area (Å²) in [6, 6.07) is 0. The van der Waals surface area contributed by atoms with Crippen LogP contribution in [-0.2, 0) is 3.45 Å². The van der Waals surface area contributed by atoms with Crippen molar-refractivity contribution in [2.24, 2.45) is 0 Å². The van der Waals surface area contributed by atoms with Crippen LogP contribution in [0, 0.1) is 0 Å². The Kier molecular flexibility index (Phi) is 5.11. The van der Waals surface area contributed by atoms with Gasteiger partial charge in [0.1, 0.15) is 0 Å². The monoisotopic (exact) mass is 250 g/mol. The molecule has 12 heavy (non-hydrogen) atoms. The van der Waals surface area contributed by atoms with Gasteiger partial charge in [0.25, 0.3) is 0 Å². The van der Waals surface area contributed by atoms with Gasteiger partial charge in [-0.15, -0.1) is 0 Å². The molecular formula is C9H24GeOSi. The van der Waals surface area contributed by atoms with E-state index in [1.165, 1.54) is 15.8 Å². The number of rotatable bonds is 5. The summed E-state index contributed by atoms with van der Waals surface area (Å²) in [4.78, 5) is 0. The molecule has 0 fully saturated rings. The van der Waals surface area contributed by atoms with Crippen molar-refractivity contribution < 1.29 is 3.45 Å².